The molecule has 1 amide bonds. The summed E-state index contributed by atoms with van der Waals surface area (Å²) in [6, 6.07) is 10.5. The number of hydrogen-bond donors (Lipinski definition) is 3. The molecule has 0 aliphatic carbocycles. The maximum Gasteiger partial charge on any atom is 0.221 e. The van der Waals surface area contributed by atoms with Crippen LogP contribution in [0.25, 0.3) is 0 Å². The van der Waals surface area contributed by atoms with E-state index >= 15 is 0 Å². The smallest absolute Gasteiger partial charge is 0.221 e. The van der Waals surface area contributed by atoms with Gasteiger partial charge in [-0.15, -0.1) is 24.0 Å². The van der Waals surface area contributed by atoms with Gasteiger partial charge in [-0.1, -0.05) is 44.2 Å². The maximum absolute atomic E-state index is 11.4. The fourth-order valence-electron chi connectivity index (χ4n) is 3.52. The second-order valence-electron chi connectivity index (χ2n) is 8.00. The third-order valence-corrected chi connectivity index (χ3v) is 5.33. The van der Waals surface area contributed by atoms with Gasteiger partial charge in [0.05, 0.1) is 5.92 Å². The van der Waals surface area contributed by atoms with E-state index in [0.29, 0.717) is 0 Å². The van der Waals surface area contributed by atoms with Crippen molar-refractivity contribution in [2.45, 2.75) is 38.5 Å². The summed E-state index contributed by atoms with van der Waals surface area (Å²) in [5.41, 5.74) is 6.78. The van der Waals surface area contributed by atoms with E-state index < -0.39 is 0 Å². The van der Waals surface area contributed by atoms with Crippen molar-refractivity contribution in [3.63, 3.8) is 0 Å². The van der Waals surface area contributed by atoms with Crippen LogP contribution in [0.1, 0.15) is 38.7 Å². The number of piperidine rings is 1. The van der Waals surface area contributed by atoms with E-state index in [1.807, 2.05) is 6.07 Å². The van der Waals surface area contributed by atoms with Gasteiger partial charge in [0, 0.05) is 32.1 Å². The molecule has 0 saturated carbocycles. The van der Waals surface area contributed by atoms with Crippen LogP contribution >= 0.6 is 24.0 Å². The van der Waals surface area contributed by atoms with Gasteiger partial charge in [0.25, 0.3) is 0 Å². The molecule has 0 bridgehead atoms. The van der Waals surface area contributed by atoms with Gasteiger partial charge in [0.1, 0.15) is 0 Å². The number of likely N-dealkylation sites (tertiary alicyclic amines) is 1. The Labute approximate surface area is 186 Å². The van der Waals surface area contributed by atoms with Crippen LogP contribution in [0.5, 0.6) is 0 Å². The zero-order valence-corrected chi connectivity index (χ0v) is 19.7. The number of nitrogens with zero attached hydrogens (tertiary/aromatic N) is 2. The third-order valence-electron chi connectivity index (χ3n) is 5.33. The van der Waals surface area contributed by atoms with Crippen molar-refractivity contribution in [1.29, 1.82) is 0 Å². The first kappa shape index (κ1) is 24.7. The molecule has 1 saturated heterocycles. The Hall–Kier alpha value is -1.35. The van der Waals surface area contributed by atoms with Crippen LogP contribution < -0.4 is 16.4 Å². The lowest BCUT2D eigenvalue weighted by Gasteiger charge is -2.31. The molecule has 0 radical (unpaired) electrons. The molecule has 0 spiro atoms. The highest BCUT2D eigenvalue weighted by atomic mass is 127. The number of amides is 1. The van der Waals surface area contributed by atoms with Crippen molar-refractivity contribution in [2.24, 2.45) is 16.6 Å². The number of hydrogen-bond acceptors (Lipinski definition) is 3. The zero-order chi connectivity index (χ0) is 19.7. The molecular formula is C21H36IN5O. The molecular weight excluding hydrogens is 465 g/mol. The molecule has 1 unspecified atom stereocenters. The molecule has 1 heterocycles. The lowest BCUT2D eigenvalue weighted by Crippen LogP contribution is -2.45. The standard InChI is InChI=1S/C21H35N5O.HI/c1-21(2,18-10-5-4-6-11-18)16-25-20(23-3)24-12-8-14-26-13-7-9-17(15-26)19(22)27;/h4-6,10-11,17H,7-9,12-16H2,1-3H3,(H2,22,27)(H2,23,24,25);1H. The van der Waals surface area contributed by atoms with E-state index in [2.05, 4.69) is 58.6 Å². The van der Waals surface area contributed by atoms with Crippen molar-refractivity contribution in [1.82, 2.24) is 15.5 Å². The van der Waals surface area contributed by atoms with E-state index in [0.717, 1.165) is 57.9 Å². The molecule has 7 heteroatoms. The highest BCUT2D eigenvalue weighted by molar-refractivity contribution is 14.0. The predicted molar refractivity (Wildman–Crippen MR) is 127 cm³/mol. The number of halogens is 1. The average Bonchev–Trinajstić information content (AvgIpc) is 2.68. The van der Waals surface area contributed by atoms with Gasteiger partial charge in [-0.2, -0.15) is 0 Å². The summed E-state index contributed by atoms with van der Waals surface area (Å²) in [6.45, 7) is 8.95. The normalized spacial score (nSPS) is 18.2. The van der Waals surface area contributed by atoms with Crippen LogP contribution in [0.3, 0.4) is 0 Å². The third kappa shape index (κ3) is 7.95. The first-order valence-corrected chi connectivity index (χ1v) is 9.94. The van der Waals surface area contributed by atoms with Crippen LogP contribution in [-0.2, 0) is 10.2 Å². The Morgan fingerprint density at radius 2 is 2.00 bits per heavy atom. The lowest BCUT2D eigenvalue weighted by atomic mass is 9.85. The molecule has 4 N–H and O–H groups in total. The first-order valence-electron chi connectivity index (χ1n) is 9.94. The summed E-state index contributed by atoms with van der Waals surface area (Å²) in [7, 11) is 1.80. The number of benzene rings is 1. The van der Waals surface area contributed by atoms with Crippen molar-refractivity contribution in [2.75, 3.05) is 39.8 Å². The Balaban J connectivity index is 0.00000392. The van der Waals surface area contributed by atoms with Gasteiger partial charge >= 0.3 is 0 Å². The monoisotopic (exact) mass is 501 g/mol. The van der Waals surface area contributed by atoms with Gasteiger partial charge in [-0.3, -0.25) is 9.79 Å². The van der Waals surface area contributed by atoms with Gasteiger partial charge in [0.2, 0.25) is 5.91 Å². The second-order valence-corrected chi connectivity index (χ2v) is 8.00. The second kappa shape index (κ2) is 12.3. The van der Waals surface area contributed by atoms with Gasteiger partial charge in [-0.05, 0) is 37.9 Å². The average molecular weight is 501 g/mol. The molecule has 1 atom stereocenters. The van der Waals surface area contributed by atoms with Gasteiger partial charge in [-0.25, -0.2) is 0 Å². The molecule has 2 rings (SSSR count). The van der Waals surface area contributed by atoms with Crippen molar-refractivity contribution in [3.8, 4) is 0 Å². The number of aliphatic imine (C=N–C) groups is 1. The summed E-state index contributed by atoms with van der Waals surface area (Å²) >= 11 is 0. The molecule has 28 heavy (non-hydrogen) atoms. The summed E-state index contributed by atoms with van der Waals surface area (Å²) in [5.74, 6) is 0.678. The van der Waals surface area contributed by atoms with Crippen LogP contribution in [0, 0.1) is 5.92 Å². The van der Waals surface area contributed by atoms with Crippen molar-refractivity contribution >= 4 is 35.8 Å². The van der Waals surface area contributed by atoms with E-state index in [-0.39, 0.29) is 41.2 Å². The summed E-state index contributed by atoms with van der Waals surface area (Å²) < 4.78 is 0. The van der Waals surface area contributed by atoms with E-state index in [9.17, 15) is 4.79 Å². The highest BCUT2D eigenvalue weighted by Gasteiger charge is 2.23. The molecule has 1 aromatic rings. The maximum atomic E-state index is 11.4. The van der Waals surface area contributed by atoms with Gasteiger partial charge < -0.3 is 21.3 Å². The van der Waals surface area contributed by atoms with Crippen molar-refractivity contribution < 1.29 is 4.79 Å². The predicted octanol–water partition coefficient (Wildman–Crippen LogP) is 2.33. The Morgan fingerprint density at radius 1 is 1.29 bits per heavy atom. The topological polar surface area (TPSA) is 82.8 Å². The van der Waals surface area contributed by atoms with E-state index in [4.69, 9.17) is 5.73 Å². The number of nitrogens with one attached hydrogen (secondary N) is 2. The number of nitrogens with two attached hydrogens (primary N) is 1. The molecule has 1 aliphatic rings. The number of primary amides is 1. The summed E-state index contributed by atoms with van der Waals surface area (Å²) in [6.07, 6.45) is 2.99. The molecule has 1 fully saturated rings. The fourth-order valence-corrected chi connectivity index (χ4v) is 3.52. The van der Waals surface area contributed by atoms with E-state index in [1.54, 1.807) is 7.05 Å². The molecule has 158 valence electrons. The number of carbonyl (C=O) groups is 1. The molecule has 1 aromatic carbocycles. The minimum atomic E-state index is -0.163. The molecule has 1 aliphatic heterocycles. The Kier molecular flexibility index (Phi) is 10.8. The van der Waals surface area contributed by atoms with E-state index in [1.165, 1.54) is 5.56 Å². The van der Waals surface area contributed by atoms with Crippen LogP contribution in [-0.4, -0.2) is 56.5 Å². The number of guanidine groups is 1. The lowest BCUT2D eigenvalue weighted by molar-refractivity contribution is -0.123. The highest BCUT2D eigenvalue weighted by Crippen LogP contribution is 2.21. The Bertz CT molecular complexity index is 620. The van der Waals surface area contributed by atoms with Crippen LogP contribution in [0.4, 0.5) is 0 Å². The van der Waals surface area contributed by atoms with Crippen molar-refractivity contribution in [3.05, 3.63) is 35.9 Å². The first-order chi connectivity index (χ1) is 12.9. The summed E-state index contributed by atoms with van der Waals surface area (Å²) in [5, 5.41) is 6.82. The van der Waals surface area contributed by atoms with Crippen LogP contribution in [0.15, 0.2) is 35.3 Å². The minimum Gasteiger partial charge on any atom is -0.369 e. The largest absolute Gasteiger partial charge is 0.369 e. The SMILES string of the molecule is CN=C(NCCCN1CCCC(C(N)=O)C1)NCC(C)(C)c1ccccc1.I. The number of rotatable bonds is 8. The minimum absolute atomic E-state index is 0. The van der Waals surface area contributed by atoms with Gasteiger partial charge in [0.15, 0.2) is 5.96 Å². The number of carbonyl (C=O) groups excluding carboxylic acids is 1. The quantitative estimate of drug-likeness (QED) is 0.221. The molecule has 6 nitrogen and oxygen atoms in total. The fraction of sp³-hybridized carbons (Fsp3) is 0.619. The summed E-state index contributed by atoms with van der Waals surface area (Å²) in [4.78, 5) is 18.0. The Morgan fingerprint density at radius 3 is 2.64 bits per heavy atom. The van der Waals surface area contributed by atoms with Crippen LogP contribution in [0.2, 0.25) is 0 Å². The molecule has 0 aromatic heterocycles. The zero-order valence-electron chi connectivity index (χ0n) is 17.4.